The van der Waals surface area contributed by atoms with Crippen molar-refractivity contribution >= 4 is 16.0 Å². The molecule has 0 saturated heterocycles. The van der Waals surface area contributed by atoms with E-state index in [0.29, 0.717) is 28.6 Å². The number of methoxy groups -OCH3 is 2. The number of hydrogen-bond acceptors (Lipinski definition) is 9. The highest BCUT2D eigenvalue weighted by molar-refractivity contribution is 7.93. The van der Waals surface area contributed by atoms with Crippen LogP contribution in [-0.4, -0.2) is 52.8 Å². The van der Waals surface area contributed by atoms with E-state index in [9.17, 15) is 8.42 Å². The number of aromatic nitrogens is 5. The largest absolute Gasteiger partial charge is 0.494 e. The van der Waals surface area contributed by atoms with E-state index in [4.69, 9.17) is 13.9 Å². The highest BCUT2D eigenvalue weighted by Gasteiger charge is 2.29. The van der Waals surface area contributed by atoms with Gasteiger partial charge in [0.25, 0.3) is 0 Å². The molecule has 0 unspecified atom stereocenters. The molecule has 34 heavy (non-hydrogen) atoms. The van der Waals surface area contributed by atoms with E-state index in [1.54, 1.807) is 49.4 Å². The minimum atomic E-state index is -3.90. The predicted octanol–water partition coefficient (Wildman–Crippen LogP) is 3.02. The van der Waals surface area contributed by atoms with E-state index < -0.39 is 15.3 Å². The Hall–Kier alpha value is -3.93. The van der Waals surface area contributed by atoms with Crippen molar-refractivity contribution in [3.05, 3.63) is 60.1 Å². The number of para-hydroxylation sites is 1. The minimum Gasteiger partial charge on any atom is -0.494 e. The second-order valence-corrected chi connectivity index (χ2v) is 9.60. The number of nitrogens with zero attached hydrogens (tertiary/aromatic N) is 5. The Labute approximate surface area is 196 Å². The van der Waals surface area contributed by atoms with Gasteiger partial charge in [0.15, 0.2) is 5.76 Å². The summed E-state index contributed by atoms with van der Waals surface area (Å²) in [5, 5.41) is 15.5. The van der Waals surface area contributed by atoms with Crippen molar-refractivity contribution in [2.45, 2.75) is 25.5 Å². The number of rotatable bonds is 9. The average Bonchev–Trinajstić information content (AvgIpc) is 3.49. The lowest BCUT2D eigenvalue weighted by Crippen LogP contribution is -2.29. The Kier molecular flexibility index (Phi) is 6.50. The molecule has 0 aliphatic rings. The molecule has 1 aromatic carbocycles. The van der Waals surface area contributed by atoms with Crippen molar-refractivity contribution in [1.29, 1.82) is 0 Å². The van der Waals surface area contributed by atoms with Gasteiger partial charge in [-0.15, -0.1) is 10.2 Å². The van der Waals surface area contributed by atoms with Gasteiger partial charge in [0, 0.05) is 6.42 Å². The molecule has 3 aromatic heterocycles. The van der Waals surface area contributed by atoms with Crippen LogP contribution in [0.3, 0.4) is 0 Å². The number of benzene rings is 1. The lowest BCUT2D eigenvalue weighted by Gasteiger charge is -2.18. The van der Waals surface area contributed by atoms with E-state index in [2.05, 4.69) is 25.1 Å². The number of anilines is 1. The summed E-state index contributed by atoms with van der Waals surface area (Å²) in [5.74, 6) is 1.46. The van der Waals surface area contributed by atoms with E-state index in [1.807, 2.05) is 6.92 Å². The summed E-state index contributed by atoms with van der Waals surface area (Å²) in [6.45, 7) is 3.40. The molecule has 11 nitrogen and oxygen atoms in total. The lowest BCUT2D eigenvalue weighted by atomic mass is 10.2. The van der Waals surface area contributed by atoms with E-state index in [1.165, 1.54) is 25.0 Å². The summed E-state index contributed by atoms with van der Waals surface area (Å²) < 4.78 is 47.1. The first kappa shape index (κ1) is 23.2. The molecule has 0 saturated carbocycles. The van der Waals surface area contributed by atoms with Gasteiger partial charge in [0.2, 0.25) is 21.8 Å². The third-order valence-corrected chi connectivity index (χ3v) is 6.84. The molecule has 0 spiro atoms. The molecule has 3 heterocycles. The van der Waals surface area contributed by atoms with Crippen molar-refractivity contribution in [3.8, 4) is 28.8 Å². The van der Waals surface area contributed by atoms with Crippen molar-refractivity contribution in [3.63, 3.8) is 0 Å². The zero-order valence-corrected chi connectivity index (χ0v) is 19.9. The number of sulfonamides is 1. The summed E-state index contributed by atoms with van der Waals surface area (Å²) in [5.41, 5.74) is 1.73. The Balaban J connectivity index is 1.77. The molecule has 0 amide bonds. The van der Waals surface area contributed by atoms with Gasteiger partial charge in [0.1, 0.15) is 17.2 Å². The fourth-order valence-corrected chi connectivity index (χ4v) is 4.33. The quantitative estimate of drug-likeness (QED) is 0.380. The molecule has 1 N–H and O–H groups in total. The van der Waals surface area contributed by atoms with Crippen molar-refractivity contribution < 1.29 is 22.3 Å². The SMILES string of the molecule is COc1cccc(OC)c1-n1c(NS(=O)(=O)[C@H](C)Cc2ccc(C)nn2)nnc1-c1ccco1. The number of nitrogens with one attached hydrogen (secondary N) is 1. The van der Waals surface area contributed by atoms with Crippen LogP contribution in [0.25, 0.3) is 17.3 Å². The minimum absolute atomic E-state index is 0.0453. The highest BCUT2D eigenvalue weighted by atomic mass is 32.2. The van der Waals surface area contributed by atoms with Gasteiger partial charge in [-0.1, -0.05) is 6.07 Å². The Morgan fingerprint density at radius 2 is 1.74 bits per heavy atom. The maximum atomic E-state index is 13.2. The summed E-state index contributed by atoms with van der Waals surface area (Å²) in [6.07, 6.45) is 1.65. The molecule has 4 aromatic rings. The van der Waals surface area contributed by atoms with Crippen molar-refractivity contribution in [2.24, 2.45) is 0 Å². The fourth-order valence-electron chi connectivity index (χ4n) is 3.35. The molecular weight excluding hydrogens is 460 g/mol. The Bertz CT molecular complexity index is 1350. The molecule has 12 heteroatoms. The molecule has 0 fully saturated rings. The summed E-state index contributed by atoms with van der Waals surface area (Å²) in [6, 6.07) is 12.1. The molecule has 178 valence electrons. The van der Waals surface area contributed by atoms with Crippen LogP contribution in [0.2, 0.25) is 0 Å². The van der Waals surface area contributed by atoms with Gasteiger partial charge >= 0.3 is 0 Å². The monoisotopic (exact) mass is 484 g/mol. The summed E-state index contributed by atoms with van der Waals surface area (Å²) >= 11 is 0. The molecular formula is C22H24N6O5S. The van der Waals surface area contributed by atoms with Crippen molar-refractivity contribution in [1.82, 2.24) is 25.0 Å². The lowest BCUT2D eigenvalue weighted by molar-refractivity contribution is 0.391. The Morgan fingerprint density at radius 3 is 2.32 bits per heavy atom. The third-order valence-electron chi connectivity index (χ3n) is 5.14. The van der Waals surface area contributed by atoms with Crippen LogP contribution in [-0.2, 0) is 16.4 Å². The first-order chi connectivity index (χ1) is 16.3. The van der Waals surface area contributed by atoms with Crippen LogP contribution in [0, 0.1) is 6.92 Å². The van der Waals surface area contributed by atoms with Crippen LogP contribution in [0.5, 0.6) is 11.5 Å². The fraction of sp³-hybridized carbons (Fsp3) is 0.273. The summed E-state index contributed by atoms with van der Waals surface area (Å²) in [4.78, 5) is 0. The van der Waals surface area contributed by atoms with Crippen molar-refractivity contribution in [2.75, 3.05) is 18.9 Å². The number of furan rings is 1. The van der Waals surface area contributed by atoms with Gasteiger partial charge < -0.3 is 13.9 Å². The van der Waals surface area contributed by atoms with Gasteiger partial charge in [-0.2, -0.15) is 10.2 Å². The maximum Gasteiger partial charge on any atom is 0.243 e. The van der Waals surface area contributed by atoms with Gasteiger partial charge in [-0.05, 0) is 50.2 Å². The van der Waals surface area contributed by atoms with E-state index in [-0.39, 0.29) is 18.2 Å². The van der Waals surface area contributed by atoms with Gasteiger partial charge in [0.05, 0.1) is 37.1 Å². The first-order valence-electron chi connectivity index (χ1n) is 10.4. The standard InChI is InChI=1S/C22H24N6O5S/c1-14-10-11-16(24-23-14)13-15(2)34(29,30)27-22-26-25-21(19-9-6-12-33-19)28(22)20-17(31-3)7-5-8-18(20)32-4/h5-12,15H,13H2,1-4H3,(H,26,27)/t15-/m1/s1. The summed E-state index contributed by atoms with van der Waals surface area (Å²) in [7, 11) is -0.893. The zero-order chi connectivity index (χ0) is 24.3. The van der Waals surface area contributed by atoms with E-state index >= 15 is 0 Å². The number of aryl methyl sites for hydroxylation is 1. The zero-order valence-electron chi connectivity index (χ0n) is 19.1. The van der Waals surface area contributed by atoms with Gasteiger partial charge in [-0.25, -0.2) is 8.42 Å². The smallest absolute Gasteiger partial charge is 0.243 e. The first-order valence-corrected chi connectivity index (χ1v) is 11.9. The second kappa shape index (κ2) is 9.51. The van der Waals surface area contributed by atoms with Crippen LogP contribution < -0.4 is 14.2 Å². The molecule has 4 rings (SSSR count). The topological polar surface area (TPSA) is 134 Å². The third kappa shape index (κ3) is 4.57. The predicted molar refractivity (Wildman–Crippen MR) is 125 cm³/mol. The average molecular weight is 485 g/mol. The number of ether oxygens (including phenoxy) is 2. The van der Waals surface area contributed by atoms with Gasteiger partial charge in [-0.3, -0.25) is 9.29 Å². The Morgan fingerprint density at radius 1 is 1.00 bits per heavy atom. The molecule has 0 radical (unpaired) electrons. The normalized spacial score (nSPS) is 12.4. The highest BCUT2D eigenvalue weighted by Crippen LogP contribution is 2.37. The molecule has 0 bridgehead atoms. The molecule has 0 aliphatic heterocycles. The van der Waals surface area contributed by atoms with Crippen LogP contribution in [0.15, 0.2) is 53.1 Å². The van der Waals surface area contributed by atoms with Crippen LogP contribution in [0.1, 0.15) is 18.3 Å². The number of hydrogen-bond donors (Lipinski definition) is 1. The van der Waals surface area contributed by atoms with Crippen LogP contribution in [0.4, 0.5) is 5.95 Å². The molecule has 1 atom stereocenters. The van der Waals surface area contributed by atoms with E-state index in [0.717, 1.165) is 5.69 Å². The second-order valence-electron chi connectivity index (χ2n) is 7.50. The van der Waals surface area contributed by atoms with Crippen LogP contribution >= 0.6 is 0 Å². The maximum absolute atomic E-state index is 13.2. The molecule has 0 aliphatic carbocycles.